The van der Waals surface area contributed by atoms with Crippen molar-refractivity contribution in [1.82, 2.24) is 9.78 Å². The number of fused-ring (bicyclic) bond motifs is 1. The van der Waals surface area contributed by atoms with Gasteiger partial charge in [0.25, 0.3) is 5.91 Å². The number of hydrogen-bond donors (Lipinski definition) is 2. The van der Waals surface area contributed by atoms with Gasteiger partial charge in [0.2, 0.25) is 5.91 Å². The van der Waals surface area contributed by atoms with E-state index in [9.17, 15) is 9.59 Å². The van der Waals surface area contributed by atoms with Crippen LogP contribution in [0.3, 0.4) is 0 Å². The van der Waals surface area contributed by atoms with Gasteiger partial charge in [0.1, 0.15) is 5.69 Å². The van der Waals surface area contributed by atoms with Crippen LogP contribution in [0.15, 0.2) is 24.3 Å². The number of hydrogen-bond acceptors (Lipinski definition) is 3. The molecular formula is C18H20N4O2. The molecule has 2 amide bonds. The SMILES string of the molecule is Cn1nc(C2CC2)cc1C(=O)Nc1ccc2c(c1)CCCC(=O)N2. The zero-order valence-electron chi connectivity index (χ0n) is 13.6. The Morgan fingerprint density at radius 1 is 1.29 bits per heavy atom. The maximum Gasteiger partial charge on any atom is 0.273 e. The van der Waals surface area contributed by atoms with Crippen molar-refractivity contribution in [3.63, 3.8) is 0 Å². The molecule has 0 atom stereocenters. The molecule has 124 valence electrons. The van der Waals surface area contributed by atoms with Crippen molar-refractivity contribution >= 4 is 23.2 Å². The quantitative estimate of drug-likeness (QED) is 0.911. The molecule has 0 bridgehead atoms. The van der Waals surface area contributed by atoms with Gasteiger partial charge in [-0.1, -0.05) is 0 Å². The van der Waals surface area contributed by atoms with Crippen LogP contribution in [0.2, 0.25) is 0 Å². The second-order valence-corrected chi connectivity index (χ2v) is 6.58. The van der Waals surface area contributed by atoms with E-state index in [2.05, 4.69) is 15.7 Å². The monoisotopic (exact) mass is 324 g/mol. The summed E-state index contributed by atoms with van der Waals surface area (Å²) in [4.78, 5) is 24.1. The van der Waals surface area contributed by atoms with Crippen molar-refractivity contribution in [3.05, 3.63) is 41.2 Å². The van der Waals surface area contributed by atoms with E-state index in [1.165, 1.54) is 0 Å². The molecule has 1 aliphatic heterocycles. The minimum atomic E-state index is -0.158. The lowest BCUT2D eigenvalue weighted by atomic mass is 10.1. The lowest BCUT2D eigenvalue weighted by Crippen LogP contribution is -2.16. The third-order valence-electron chi connectivity index (χ3n) is 4.61. The third kappa shape index (κ3) is 2.91. The lowest BCUT2D eigenvalue weighted by molar-refractivity contribution is -0.116. The Morgan fingerprint density at radius 3 is 2.92 bits per heavy atom. The van der Waals surface area contributed by atoms with Crippen molar-refractivity contribution in [2.45, 2.75) is 38.0 Å². The predicted molar refractivity (Wildman–Crippen MR) is 91.1 cm³/mol. The molecule has 1 fully saturated rings. The number of carbonyl (C=O) groups is 2. The number of aryl methyl sites for hydroxylation is 2. The van der Waals surface area contributed by atoms with Crippen molar-refractivity contribution < 1.29 is 9.59 Å². The second kappa shape index (κ2) is 5.78. The minimum Gasteiger partial charge on any atom is -0.326 e. The standard InChI is InChI=1S/C18H20N4O2/c1-22-16(10-15(21-22)11-5-6-11)18(24)19-13-7-8-14-12(9-13)3-2-4-17(23)20-14/h7-11H,2-6H2,1H3,(H,19,24)(H,20,23). The van der Waals surface area contributed by atoms with Crippen molar-refractivity contribution in [3.8, 4) is 0 Å². The van der Waals surface area contributed by atoms with Gasteiger partial charge in [-0.25, -0.2) is 0 Å². The molecule has 1 saturated carbocycles. The summed E-state index contributed by atoms with van der Waals surface area (Å²) in [5.41, 5.74) is 4.21. The van der Waals surface area contributed by atoms with Gasteiger partial charge < -0.3 is 10.6 Å². The Kier molecular flexibility index (Phi) is 3.59. The topological polar surface area (TPSA) is 76.0 Å². The molecule has 4 rings (SSSR count). The van der Waals surface area contributed by atoms with Crippen LogP contribution in [0, 0.1) is 0 Å². The Balaban J connectivity index is 1.53. The molecule has 1 aliphatic carbocycles. The number of rotatable bonds is 3. The average Bonchev–Trinajstić information content (AvgIpc) is 3.33. The molecule has 1 aromatic heterocycles. The molecule has 0 saturated heterocycles. The van der Waals surface area contributed by atoms with Crippen molar-refractivity contribution in [1.29, 1.82) is 0 Å². The zero-order chi connectivity index (χ0) is 16.7. The molecule has 0 spiro atoms. The smallest absolute Gasteiger partial charge is 0.273 e. The molecule has 2 aromatic rings. The van der Waals surface area contributed by atoms with Gasteiger partial charge in [-0.05, 0) is 55.5 Å². The van der Waals surface area contributed by atoms with Gasteiger partial charge in [-0.3, -0.25) is 14.3 Å². The summed E-state index contributed by atoms with van der Waals surface area (Å²) in [5, 5.41) is 10.3. The van der Waals surface area contributed by atoms with Crippen molar-refractivity contribution in [2.75, 3.05) is 10.6 Å². The van der Waals surface area contributed by atoms with Crippen LogP contribution < -0.4 is 10.6 Å². The first-order valence-corrected chi connectivity index (χ1v) is 8.38. The average molecular weight is 324 g/mol. The predicted octanol–water partition coefficient (Wildman–Crippen LogP) is 2.82. The number of carbonyl (C=O) groups excluding carboxylic acids is 2. The van der Waals surface area contributed by atoms with Gasteiger partial charge in [0.15, 0.2) is 0 Å². The molecule has 0 radical (unpaired) electrons. The maximum absolute atomic E-state index is 12.5. The number of aromatic nitrogens is 2. The summed E-state index contributed by atoms with van der Waals surface area (Å²) in [6.07, 6.45) is 4.51. The molecule has 2 heterocycles. The first kappa shape index (κ1) is 14.9. The van der Waals surface area contributed by atoms with Gasteiger partial charge in [-0.15, -0.1) is 0 Å². The summed E-state index contributed by atoms with van der Waals surface area (Å²) in [7, 11) is 1.80. The molecule has 6 heteroatoms. The summed E-state index contributed by atoms with van der Waals surface area (Å²) >= 11 is 0. The van der Waals surface area contributed by atoms with Crippen LogP contribution in [-0.2, 0) is 18.3 Å². The van der Waals surface area contributed by atoms with E-state index in [0.29, 0.717) is 18.0 Å². The fourth-order valence-electron chi connectivity index (χ4n) is 3.13. The van der Waals surface area contributed by atoms with E-state index in [1.54, 1.807) is 11.7 Å². The second-order valence-electron chi connectivity index (χ2n) is 6.58. The summed E-state index contributed by atoms with van der Waals surface area (Å²) in [6, 6.07) is 7.50. The molecule has 2 N–H and O–H groups in total. The first-order chi connectivity index (χ1) is 11.6. The number of anilines is 2. The van der Waals surface area contributed by atoms with E-state index in [4.69, 9.17) is 0 Å². The summed E-state index contributed by atoms with van der Waals surface area (Å²) in [6.45, 7) is 0. The summed E-state index contributed by atoms with van der Waals surface area (Å²) < 4.78 is 1.65. The van der Waals surface area contributed by atoms with Gasteiger partial charge >= 0.3 is 0 Å². The molecule has 24 heavy (non-hydrogen) atoms. The van der Waals surface area contributed by atoms with Crippen LogP contribution in [0.5, 0.6) is 0 Å². The van der Waals surface area contributed by atoms with Crippen LogP contribution in [0.25, 0.3) is 0 Å². The fraction of sp³-hybridized carbons (Fsp3) is 0.389. The Bertz CT molecular complexity index is 820. The molecular weight excluding hydrogens is 304 g/mol. The first-order valence-electron chi connectivity index (χ1n) is 8.38. The van der Waals surface area contributed by atoms with Gasteiger partial charge in [0.05, 0.1) is 5.69 Å². The molecule has 2 aliphatic rings. The van der Waals surface area contributed by atoms with E-state index < -0.39 is 0 Å². The van der Waals surface area contributed by atoms with Crippen LogP contribution in [-0.4, -0.2) is 21.6 Å². The minimum absolute atomic E-state index is 0.0491. The number of nitrogens with one attached hydrogen (secondary N) is 2. The van der Waals surface area contributed by atoms with E-state index in [1.807, 2.05) is 24.3 Å². The van der Waals surface area contributed by atoms with E-state index in [0.717, 1.165) is 48.3 Å². The fourth-order valence-corrected chi connectivity index (χ4v) is 3.13. The van der Waals surface area contributed by atoms with Crippen LogP contribution >= 0.6 is 0 Å². The highest BCUT2D eigenvalue weighted by Crippen LogP contribution is 2.39. The zero-order valence-corrected chi connectivity index (χ0v) is 13.6. The van der Waals surface area contributed by atoms with Gasteiger partial charge in [-0.2, -0.15) is 5.10 Å². The highest BCUT2D eigenvalue weighted by Gasteiger charge is 2.28. The lowest BCUT2D eigenvalue weighted by Gasteiger charge is -2.10. The van der Waals surface area contributed by atoms with Crippen LogP contribution in [0.4, 0.5) is 11.4 Å². The summed E-state index contributed by atoms with van der Waals surface area (Å²) in [5.74, 6) is 0.413. The third-order valence-corrected chi connectivity index (χ3v) is 4.61. The normalized spacial score (nSPS) is 17.0. The highest BCUT2D eigenvalue weighted by molar-refractivity contribution is 6.03. The Morgan fingerprint density at radius 2 is 2.12 bits per heavy atom. The molecule has 0 unspecified atom stereocenters. The highest BCUT2D eigenvalue weighted by atomic mass is 16.2. The van der Waals surface area contributed by atoms with E-state index in [-0.39, 0.29) is 11.8 Å². The van der Waals surface area contributed by atoms with Gasteiger partial charge in [0, 0.05) is 30.8 Å². The number of benzene rings is 1. The molecule has 6 nitrogen and oxygen atoms in total. The largest absolute Gasteiger partial charge is 0.326 e. The molecule has 1 aromatic carbocycles. The van der Waals surface area contributed by atoms with E-state index >= 15 is 0 Å². The van der Waals surface area contributed by atoms with Crippen LogP contribution in [0.1, 0.15) is 53.3 Å². The maximum atomic E-state index is 12.5. The Labute approximate surface area is 140 Å². The number of amides is 2. The Hall–Kier alpha value is -2.63. The van der Waals surface area contributed by atoms with Crippen molar-refractivity contribution in [2.24, 2.45) is 7.05 Å². The number of nitrogens with zero attached hydrogens (tertiary/aromatic N) is 2.